The van der Waals surface area contributed by atoms with Crippen LogP contribution in [0.25, 0.3) is 66.4 Å². The van der Waals surface area contributed by atoms with E-state index in [0.29, 0.717) is 0 Å². The van der Waals surface area contributed by atoms with Gasteiger partial charge in [-0.15, -0.1) is 54.1 Å². The van der Waals surface area contributed by atoms with Crippen LogP contribution in [0.15, 0.2) is 130 Å². The Kier molecular flexibility index (Phi) is 6.76. The predicted molar refractivity (Wildman–Crippen MR) is 152 cm³/mol. The summed E-state index contributed by atoms with van der Waals surface area (Å²) in [5.41, 5.74) is 7.01. The number of pyridine rings is 2. The van der Waals surface area contributed by atoms with Gasteiger partial charge >= 0.3 is 0 Å². The van der Waals surface area contributed by atoms with Crippen LogP contribution in [-0.4, -0.2) is 9.97 Å². The van der Waals surface area contributed by atoms with Crippen LogP contribution in [-0.2, 0) is 20.1 Å². The summed E-state index contributed by atoms with van der Waals surface area (Å²) in [6.45, 7) is 0. The van der Waals surface area contributed by atoms with Gasteiger partial charge in [0.2, 0.25) is 0 Å². The van der Waals surface area contributed by atoms with Crippen molar-refractivity contribution in [3.05, 3.63) is 134 Å². The molecule has 189 valence electrons. The van der Waals surface area contributed by atoms with Gasteiger partial charge in [-0.05, 0) is 35.7 Å². The second-order valence-corrected chi connectivity index (χ2v) is 8.85. The van der Waals surface area contributed by atoms with E-state index in [0.717, 1.165) is 66.4 Å². The van der Waals surface area contributed by atoms with Crippen molar-refractivity contribution in [2.45, 2.75) is 0 Å². The van der Waals surface area contributed by atoms with E-state index in [2.05, 4.69) is 34.2 Å². The first-order valence-electron chi connectivity index (χ1n) is 12.3. The van der Waals surface area contributed by atoms with Gasteiger partial charge in [0.25, 0.3) is 0 Å². The summed E-state index contributed by atoms with van der Waals surface area (Å²) in [5, 5.41) is 4.26. The van der Waals surface area contributed by atoms with Gasteiger partial charge < -0.3 is 18.8 Å². The molecule has 4 heterocycles. The molecule has 1 radical (unpaired) electrons. The van der Waals surface area contributed by atoms with E-state index in [1.165, 1.54) is 0 Å². The van der Waals surface area contributed by atoms with Gasteiger partial charge in [0.15, 0.2) is 0 Å². The normalized spacial score (nSPS) is 10.9. The van der Waals surface area contributed by atoms with Gasteiger partial charge in [-0.1, -0.05) is 59.5 Å². The smallest absolute Gasteiger partial charge is 0.135 e. The molecule has 39 heavy (non-hydrogen) atoms. The fourth-order valence-corrected chi connectivity index (χ4v) is 4.71. The Bertz CT molecular complexity index is 1990. The molecule has 0 aliphatic heterocycles. The van der Waals surface area contributed by atoms with E-state index in [1.54, 1.807) is 6.20 Å². The van der Waals surface area contributed by atoms with Crippen LogP contribution >= 0.6 is 0 Å². The number of aromatic nitrogens is 2. The number of furan rings is 2. The van der Waals surface area contributed by atoms with Crippen LogP contribution < -0.4 is 0 Å². The maximum absolute atomic E-state index is 6.11. The van der Waals surface area contributed by atoms with Crippen LogP contribution in [0.1, 0.15) is 0 Å². The number of hydrogen-bond acceptors (Lipinski definition) is 4. The Morgan fingerprint density at radius 2 is 1.28 bits per heavy atom. The third-order valence-corrected chi connectivity index (χ3v) is 6.51. The zero-order valence-electron chi connectivity index (χ0n) is 20.6. The van der Waals surface area contributed by atoms with Gasteiger partial charge in [0, 0.05) is 48.7 Å². The van der Waals surface area contributed by atoms with E-state index in [1.807, 2.05) is 103 Å². The third-order valence-electron chi connectivity index (χ3n) is 6.51. The zero-order valence-corrected chi connectivity index (χ0v) is 23.0. The van der Waals surface area contributed by atoms with Crippen molar-refractivity contribution in [1.82, 2.24) is 9.97 Å². The number of nitrogens with zero attached hydrogens (tertiary/aromatic N) is 2. The molecule has 0 saturated carbocycles. The molecule has 0 aliphatic carbocycles. The van der Waals surface area contributed by atoms with Crippen molar-refractivity contribution in [3.8, 4) is 22.5 Å². The summed E-state index contributed by atoms with van der Waals surface area (Å²) in [7, 11) is 0. The van der Waals surface area contributed by atoms with E-state index in [-0.39, 0.29) is 20.1 Å². The first-order valence-corrected chi connectivity index (χ1v) is 12.3. The maximum Gasteiger partial charge on any atom is 0.135 e. The molecule has 8 rings (SSSR count). The molecule has 0 spiro atoms. The molecule has 0 N–H and O–H groups in total. The minimum atomic E-state index is 0. The summed E-state index contributed by atoms with van der Waals surface area (Å²) in [6, 6.07) is 42.1. The molecule has 4 aromatic heterocycles. The Labute approximate surface area is 238 Å². The van der Waals surface area contributed by atoms with E-state index < -0.39 is 0 Å². The quantitative estimate of drug-likeness (QED) is 0.171. The van der Waals surface area contributed by atoms with Crippen LogP contribution in [0.2, 0.25) is 0 Å². The molecular formula is C34H20IrN2O2-2. The maximum atomic E-state index is 6.11. The average molecular weight is 681 g/mol. The van der Waals surface area contributed by atoms with Crippen molar-refractivity contribution in [2.24, 2.45) is 0 Å². The molecule has 5 heteroatoms. The van der Waals surface area contributed by atoms with Gasteiger partial charge in [0.05, 0.1) is 5.58 Å². The first kappa shape index (κ1) is 24.7. The van der Waals surface area contributed by atoms with E-state index in [9.17, 15) is 0 Å². The molecule has 0 atom stereocenters. The van der Waals surface area contributed by atoms with Gasteiger partial charge in [-0.25, -0.2) is 0 Å². The largest absolute Gasteiger partial charge is 0.501 e. The van der Waals surface area contributed by atoms with E-state index >= 15 is 0 Å². The molecule has 4 nitrogen and oxygen atoms in total. The first-order chi connectivity index (χ1) is 18.8. The summed E-state index contributed by atoms with van der Waals surface area (Å²) < 4.78 is 12.1. The molecule has 0 bridgehead atoms. The van der Waals surface area contributed by atoms with Gasteiger partial charge in [-0.3, -0.25) is 0 Å². The summed E-state index contributed by atoms with van der Waals surface area (Å²) in [6.07, 6.45) is 3.65. The molecule has 0 saturated heterocycles. The standard InChI is InChI=1S/C23H12NO2.C11H8N.Ir/c1-4-11-21-14(6-1)16-8-5-9-17(23(16)26-21)19-12-22-18(13-24-19)15-7-2-3-10-20(15)25-22;1-2-6-10(7-3-1)11-8-4-5-9-12-11;/h1-8,10-13H;1-6,8-9H;/q2*-1;. The van der Waals surface area contributed by atoms with Crippen molar-refractivity contribution in [3.63, 3.8) is 0 Å². The number of benzene rings is 4. The molecular weight excluding hydrogens is 661 g/mol. The Balaban J connectivity index is 0.000000180. The Morgan fingerprint density at radius 3 is 2.05 bits per heavy atom. The fraction of sp³-hybridized carbons (Fsp3) is 0. The van der Waals surface area contributed by atoms with Crippen LogP contribution in [0.5, 0.6) is 0 Å². The summed E-state index contributed by atoms with van der Waals surface area (Å²) >= 11 is 0. The van der Waals surface area contributed by atoms with Crippen molar-refractivity contribution >= 4 is 43.9 Å². The molecule has 0 fully saturated rings. The van der Waals surface area contributed by atoms with E-state index in [4.69, 9.17) is 8.83 Å². The van der Waals surface area contributed by atoms with Crippen LogP contribution in [0.4, 0.5) is 0 Å². The Hall–Kier alpha value is -4.57. The third kappa shape index (κ3) is 4.63. The molecule has 0 aliphatic rings. The van der Waals surface area contributed by atoms with Crippen molar-refractivity contribution in [2.75, 3.05) is 0 Å². The topological polar surface area (TPSA) is 52.1 Å². The average Bonchev–Trinajstić information content (AvgIpc) is 3.56. The SMILES string of the molecule is [Ir].[c-]1ccc2c(oc3ccccc32)c1-c1cc2oc3ccccc3c2cn1.[c-]1ccccc1-c1ccccn1. The molecule has 0 amide bonds. The Morgan fingerprint density at radius 1 is 0.538 bits per heavy atom. The van der Waals surface area contributed by atoms with Crippen LogP contribution in [0.3, 0.4) is 0 Å². The monoisotopic (exact) mass is 681 g/mol. The minimum absolute atomic E-state index is 0. The fourth-order valence-electron chi connectivity index (χ4n) is 4.71. The van der Waals surface area contributed by atoms with Crippen LogP contribution in [0, 0.1) is 12.1 Å². The number of hydrogen-bond donors (Lipinski definition) is 0. The van der Waals surface area contributed by atoms with Crippen molar-refractivity contribution in [1.29, 1.82) is 0 Å². The number of para-hydroxylation sites is 2. The molecule has 8 aromatic rings. The van der Waals surface area contributed by atoms with Gasteiger partial charge in [-0.2, -0.15) is 0 Å². The summed E-state index contributed by atoms with van der Waals surface area (Å²) in [4.78, 5) is 8.89. The van der Waals surface area contributed by atoms with Crippen molar-refractivity contribution < 1.29 is 28.9 Å². The second kappa shape index (κ2) is 10.7. The summed E-state index contributed by atoms with van der Waals surface area (Å²) in [5.74, 6) is 0. The second-order valence-electron chi connectivity index (χ2n) is 8.85. The predicted octanol–water partition coefficient (Wildman–Crippen LogP) is 8.89. The number of fused-ring (bicyclic) bond motifs is 6. The molecule has 4 aromatic carbocycles. The minimum Gasteiger partial charge on any atom is -0.501 e. The zero-order chi connectivity index (χ0) is 25.3. The van der Waals surface area contributed by atoms with Gasteiger partial charge in [0.1, 0.15) is 16.7 Å². The molecule has 0 unspecified atom stereocenters. The number of rotatable bonds is 2.